The molecule has 0 aromatic heterocycles. The zero-order valence-electron chi connectivity index (χ0n) is 14.9. The molecule has 2 nitrogen and oxygen atoms in total. The summed E-state index contributed by atoms with van der Waals surface area (Å²) in [5.41, 5.74) is 5.50. The summed E-state index contributed by atoms with van der Waals surface area (Å²) in [6, 6.07) is 25.4. The lowest BCUT2D eigenvalue weighted by Crippen LogP contribution is -2.24. The molecule has 1 amide bonds. The van der Waals surface area contributed by atoms with E-state index < -0.39 is 0 Å². The summed E-state index contributed by atoms with van der Waals surface area (Å²) in [7, 11) is 0. The molecule has 0 bridgehead atoms. The Labute approximate surface area is 164 Å². The lowest BCUT2D eigenvalue weighted by atomic mass is 10.1. The van der Waals surface area contributed by atoms with Gasteiger partial charge in [0.1, 0.15) is 0 Å². The minimum atomic E-state index is -0.0346. The third kappa shape index (κ3) is 3.57. The second-order valence-corrected chi connectivity index (χ2v) is 6.96. The van der Waals surface area contributed by atoms with E-state index in [4.69, 9.17) is 11.6 Å². The molecule has 1 heterocycles. The van der Waals surface area contributed by atoms with Gasteiger partial charge in [0, 0.05) is 16.3 Å². The first kappa shape index (κ1) is 17.3. The third-order valence-electron chi connectivity index (χ3n) is 4.54. The summed E-state index contributed by atoms with van der Waals surface area (Å²) in [5.74, 6) is -0.0346. The molecule has 0 atom stereocenters. The minimum Gasteiger partial charge on any atom is -0.276 e. The van der Waals surface area contributed by atoms with Gasteiger partial charge in [-0.25, -0.2) is 0 Å². The molecule has 0 saturated carbocycles. The molecule has 27 heavy (non-hydrogen) atoms. The van der Waals surface area contributed by atoms with E-state index in [9.17, 15) is 4.79 Å². The van der Waals surface area contributed by atoms with Gasteiger partial charge in [0.25, 0.3) is 5.91 Å². The Morgan fingerprint density at radius 1 is 0.852 bits per heavy atom. The van der Waals surface area contributed by atoms with Crippen molar-refractivity contribution >= 4 is 35.0 Å². The average molecular weight is 372 g/mol. The van der Waals surface area contributed by atoms with E-state index in [1.807, 2.05) is 97.9 Å². The molecule has 0 fully saturated rings. The largest absolute Gasteiger partial charge is 0.276 e. The number of rotatable bonds is 3. The molecule has 0 aliphatic carbocycles. The second-order valence-electron chi connectivity index (χ2n) is 6.52. The fourth-order valence-corrected chi connectivity index (χ4v) is 3.25. The topological polar surface area (TPSA) is 20.3 Å². The van der Waals surface area contributed by atoms with Gasteiger partial charge in [-0.3, -0.25) is 9.69 Å². The Morgan fingerprint density at radius 3 is 2.19 bits per heavy atom. The molecule has 0 unspecified atom stereocenters. The van der Waals surface area contributed by atoms with Crippen LogP contribution in [0.5, 0.6) is 0 Å². The number of hydrogen-bond donors (Lipinski definition) is 0. The Kier molecular flexibility index (Phi) is 4.66. The highest BCUT2D eigenvalue weighted by molar-refractivity contribution is 6.30. The van der Waals surface area contributed by atoms with Crippen molar-refractivity contribution in [3.05, 3.63) is 112 Å². The summed E-state index contributed by atoms with van der Waals surface area (Å²) in [4.78, 5) is 15.0. The van der Waals surface area contributed by atoms with Gasteiger partial charge in [-0.2, -0.15) is 0 Å². The first-order valence-electron chi connectivity index (χ1n) is 8.77. The number of amides is 1. The highest BCUT2D eigenvalue weighted by atomic mass is 35.5. The van der Waals surface area contributed by atoms with Gasteiger partial charge < -0.3 is 0 Å². The smallest absolute Gasteiger partial charge is 0.262 e. The number of anilines is 1. The molecular formula is C24H18ClNO. The molecule has 132 valence electrons. The maximum Gasteiger partial charge on any atom is 0.262 e. The van der Waals surface area contributed by atoms with E-state index in [0.29, 0.717) is 10.6 Å². The fraction of sp³-hybridized carbons (Fsp3) is 0.0417. The standard InChI is InChI=1S/C24H18ClNO/c1-17-7-13-22(14-8-17)26-23(19-5-3-2-4-6-19)16-20(24(26)27)15-18-9-11-21(25)12-10-18/h2-16H,1H3/b20-15+. The van der Waals surface area contributed by atoms with Gasteiger partial charge in [-0.05, 0) is 54.5 Å². The molecule has 0 spiro atoms. The van der Waals surface area contributed by atoms with Crippen LogP contribution in [0.1, 0.15) is 16.7 Å². The van der Waals surface area contributed by atoms with Crippen molar-refractivity contribution < 1.29 is 4.79 Å². The number of hydrogen-bond acceptors (Lipinski definition) is 1. The van der Waals surface area contributed by atoms with E-state index in [1.54, 1.807) is 4.90 Å². The maximum atomic E-state index is 13.2. The number of halogens is 1. The Hall–Kier alpha value is -3.10. The predicted molar refractivity (Wildman–Crippen MR) is 113 cm³/mol. The number of carbonyl (C=O) groups excluding carboxylic acids is 1. The van der Waals surface area contributed by atoms with Gasteiger partial charge in [0.2, 0.25) is 0 Å². The van der Waals surface area contributed by atoms with Crippen molar-refractivity contribution in [2.24, 2.45) is 0 Å². The first-order chi connectivity index (χ1) is 13.1. The van der Waals surface area contributed by atoms with Crippen LogP contribution >= 0.6 is 11.6 Å². The van der Waals surface area contributed by atoms with Crippen LogP contribution in [-0.4, -0.2) is 5.91 Å². The van der Waals surface area contributed by atoms with Crippen molar-refractivity contribution in [3.63, 3.8) is 0 Å². The lowest BCUT2D eigenvalue weighted by Gasteiger charge is -2.21. The highest BCUT2D eigenvalue weighted by Gasteiger charge is 2.30. The van der Waals surface area contributed by atoms with Gasteiger partial charge >= 0.3 is 0 Å². The molecule has 0 saturated heterocycles. The number of benzene rings is 3. The van der Waals surface area contributed by atoms with Crippen LogP contribution in [0.25, 0.3) is 11.8 Å². The number of aryl methyl sites for hydroxylation is 1. The molecule has 3 heteroatoms. The zero-order valence-corrected chi connectivity index (χ0v) is 15.6. The maximum absolute atomic E-state index is 13.2. The summed E-state index contributed by atoms with van der Waals surface area (Å²) in [6.45, 7) is 2.04. The number of carbonyl (C=O) groups is 1. The van der Waals surface area contributed by atoms with Crippen molar-refractivity contribution in [3.8, 4) is 0 Å². The summed E-state index contributed by atoms with van der Waals surface area (Å²) >= 11 is 5.97. The quantitative estimate of drug-likeness (QED) is 0.508. The monoisotopic (exact) mass is 371 g/mol. The fourth-order valence-electron chi connectivity index (χ4n) is 3.13. The van der Waals surface area contributed by atoms with E-state index in [1.165, 1.54) is 0 Å². The normalized spacial score (nSPS) is 15.3. The molecule has 1 aliphatic heterocycles. The molecule has 0 N–H and O–H groups in total. The van der Waals surface area contributed by atoms with Crippen LogP contribution in [0.15, 0.2) is 90.5 Å². The second kappa shape index (κ2) is 7.26. The molecule has 3 aromatic carbocycles. The van der Waals surface area contributed by atoms with Crippen LogP contribution in [-0.2, 0) is 4.79 Å². The lowest BCUT2D eigenvalue weighted by molar-refractivity contribution is -0.113. The summed E-state index contributed by atoms with van der Waals surface area (Å²) < 4.78 is 0. The van der Waals surface area contributed by atoms with Gasteiger partial charge in [-0.1, -0.05) is 71.8 Å². The molecule has 1 aliphatic rings. The zero-order chi connectivity index (χ0) is 18.8. The molecule has 0 radical (unpaired) electrons. The van der Waals surface area contributed by atoms with Crippen molar-refractivity contribution in [2.75, 3.05) is 4.90 Å². The SMILES string of the molecule is Cc1ccc(N2C(=O)/C(=C/c3ccc(Cl)cc3)C=C2c2ccccc2)cc1. The van der Waals surface area contributed by atoms with Crippen molar-refractivity contribution in [2.45, 2.75) is 6.92 Å². The van der Waals surface area contributed by atoms with Crippen molar-refractivity contribution in [1.29, 1.82) is 0 Å². The predicted octanol–water partition coefficient (Wildman–Crippen LogP) is 6.12. The van der Waals surface area contributed by atoms with E-state index in [-0.39, 0.29) is 5.91 Å². The summed E-state index contributed by atoms with van der Waals surface area (Å²) in [6.07, 6.45) is 3.85. The molecule has 4 rings (SSSR count). The van der Waals surface area contributed by atoms with Crippen LogP contribution in [0.3, 0.4) is 0 Å². The third-order valence-corrected chi connectivity index (χ3v) is 4.79. The van der Waals surface area contributed by atoms with E-state index >= 15 is 0 Å². The van der Waals surface area contributed by atoms with Crippen LogP contribution < -0.4 is 4.90 Å². The van der Waals surface area contributed by atoms with Crippen LogP contribution in [0.2, 0.25) is 5.02 Å². The van der Waals surface area contributed by atoms with Gasteiger partial charge in [-0.15, -0.1) is 0 Å². The number of nitrogens with zero attached hydrogens (tertiary/aromatic N) is 1. The van der Waals surface area contributed by atoms with Crippen molar-refractivity contribution in [1.82, 2.24) is 0 Å². The Morgan fingerprint density at radius 2 is 1.52 bits per heavy atom. The first-order valence-corrected chi connectivity index (χ1v) is 9.15. The van der Waals surface area contributed by atoms with Gasteiger partial charge in [0.15, 0.2) is 0 Å². The van der Waals surface area contributed by atoms with E-state index in [2.05, 4.69) is 0 Å². The van der Waals surface area contributed by atoms with Crippen LogP contribution in [0, 0.1) is 6.92 Å². The minimum absolute atomic E-state index is 0.0346. The Bertz CT molecular complexity index is 1030. The van der Waals surface area contributed by atoms with E-state index in [0.717, 1.165) is 28.1 Å². The average Bonchev–Trinajstić information content (AvgIpc) is 3.01. The molecule has 3 aromatic rings. The summed E-state index contributed by atoms with van der Waals surface area (Å²) in [5, 5.41) is 0.677. The molecular weight excluding hydrogens is 354 g/mol. The highest BCUT2D eigenvalue weighted by Crippen LogP contribution is 2.35. The van der Waals surface area contributed by atoms with Crippen LogP contribution in [0.4, 0.5) is 5.69 Å². The van der Waals surface area contributed by atoms with Gasteiger partial charge in [0.05, 0.1) is 5.70 Å². The Balaban J connectivity index is 1.80.